The lowest BCUT2D eigenvalue weighted by atomic mass is 10.2. The van der Waals surface area contributed by atoms with Crippen molar-refractivity contribution in [2.45, 2.75) is 73.8 Å². The molecule has 0 saturated carbocycles. The van der Waals surface area contributed by atoms with E-state index in [0.29, 0.717) is 0 Å². The lowest BCUT2D eigenvalue weighted by molar-refractivity contribution is 0.547. The van der Waals surface area contributed by atoms with Crippen molar-refractivity contribution in [1.29, 1.82) is 0 Å². The number of hydrogen-bond donors (Lipinski definition) is 1. The molecule has 17 heavy (non-hydrogen) atoms. The van der Waals surface area contributed by atoms with Crippen LogP contribution in [0.25, 0.3) is 0 Å². The molecule has 0 aliphatic rings. The van der Waals surface area contributed by atoms with Crippen LogP contribution in [0, 0.1) is 6.92 Å². The zero-order valence-corrected chi connectivity index (χ0v) is 12.6. The second-order valence-corrected chi connectivity index (χ2v) is 3.50. The first-order valence-electron chi connectivity index (χ1n) is 7.03. The van der Waals surface area contributed by atoms with Gasteiger partial charge in [0.15, 0.2) is 0 Å². The highest BCUT2D eigenvalue weighted by atomic mass is 15.3. The number of nitrogens with two attached hydrogens (primary N) is 1. The highest BCUT2D eigenvalue weighted by Crippen LogP contribution is 2.10. The van der Waals surface area contributed by atoms with Gasteiger partial charge in [-0.1, -0.05) is 53.9 Å². The van der Waals surface area contributed by atoms with Gasteiger partial charge in [-0.05, 0) is 13.3 Å². The molecule has 1 rings (SSSR count). The molecule has 1 aromatic rings. The highest BCUT2D eigenvalue weighted by molar-refractivity contribution is 5.36. The molecule has 0 amide bonds. The third-order valence-electron chi connectivity index (χ3n) is 2.30. The minimum Gasteiger partial charge on any atom is -0.384 e. The number of unbranched alkanes of at least 4 members (excludes halogenated alkanes) is 3. The average Bonchev–Trinajstić information content (AvgIpc) is 2.71. The van der Waals surface area contributed by atoms with Crippen LogP contribution in [-0.2, 0) is 6.54 Å². The Morgan fingerprint density at radius 3 is 2.12 bits per heavy atom. The van der Waals surface area contributed by atoms with Crippen molar-refractivity contribution < 1.29 is 0 Å². The Labute approximate surface area is 107 Å². The predicted molar refractivity (Wildman–Crippen MR) is 78.2 cm³/mol. The molecule has 0 saturated heterocycles. The van der Waals surface area contributed by atoms with Crippen molar-refractivity contribution >= 4 is 5.82 Å². The smallest absolute Gasteiger partial charge is 0.124 e. The molecule has 102 valence electrons. The van der Waals surface area contributed by atoms with Gasteiger partial charge in [0.05, 0.1) is 6.20 Å². The lowest BCUT2D eigenvalue weighted by Crippen LogP contribution is -2.05. The second kappa shape index (κ2) is 13.1. The Morgan fingerprint density at radius 1 is 1.12 bits per heavy atom. The largest absolute Gasteiger partial charge is 0.384 e. The Balaban J connectivity index is 0. The van der Waals surface area contributed by atoms with Gasteiger partial charge in [0.25, 0.3) is 0 Å². The van der Waals surface area contributed by atoms with E-state index in [1.54, 1.807) is 0 Å². The van der Waals surface area contributed by atoms with E-state index in [1.165, 1.54) is 25.7 Å². The summed E-state index contributed by atoms with van der Waals surface area (Å²) >= 11 is 0. The third-order valence-corrected chi connectivity index (χ3v) is 2.30. The first kappa shape index (κ1) is 18.4. The molecule has 0 atom stereocenters. The van der Waals surface area contributed by atoms with Gasteiger partial charge in [-0.25, -0.2) is 4.68 Å². The molecule has 0 bridgehead atoms. The summed E-state index contributed by atoms with van der Waals surface area (Å²) in [5.74, 6) is 0.816. The van der Waals surface area contributed by atoms with Crippen molar-refractivity contribution in [2.75, 3.05) is 5.73 Å². The maximum absolute atomic E-state index is 5.82. The van der Waals surface area contributed by atoms with Gasteiger partial charge in [0.1, 0.15) is 5.82 Å². The number of nitrogen functional groups attached to an aromatic ring is 1. The first-order valence-corrected chi connectivity index (χ1v) is 7.03. The maximum atomic E-state index is 5.82. The normalized spacial score (nSPS) is 8.82. The zero-order chi connectivity index (χ0) is 13.7. The number of hydrogen-bond acceptors (Lipinski definition) is 2. The number of aryl methyl sites for hydroxylation is 2. The van der Waals surface area contributed by atoms with E-state index in [-0.39, 0.29) is 0 Å². The van der Waals surface area contributed by atoms with E-state index in [1.807, 2.05) is 45.5 Å². The van der Waals surface area contributed by atoms with Gasteiger partial charge in [-0.3, -0.25) is 0 Å². The van der Waals surface area contributed by atoms with Crippen LogP contribution >= 0.6 is 0 Å². The molecule has 0 unspecified atom stereocenters. The summed E-state index contributed by atoms with van der Waals surface area (Å²) in [5, 5.41) is 4.20. The summed E-state index contributed by atoms with van der Waals surface area (Å²) in [6.45, 7) is 13.2. The van der Waals surface area contributed by atoms with E-state index in [4.69, 9.17) is 5.73 Å². The topological polar surface area (TPSA) is 43.8 Å². The molecule has 1 aromatic heterocycles. The Bertz CT molecular complexity index is 254. The summed E-state index contributed by atoms with van der Waals surface area (Å²) in [6.07, 6.45) is 6.86. The molecule has 0 fully saturated rings. The SMILES string of the molecule is CC.CC.CCCCCCn1ncc(C)c1N. The quantitative estimate of drug-likeness (QED) is 0.776. The van der Waals surface area contributed by atoms with E-state index >= 15 is 0 Å². The standard InChI is InChI=1S/C10H19N3.2C2H6/c1-3-4-5-6-7-13-10(11)9(2)8-12-13;2*1-2/h8H,3-7,11H2,1-2H3;2*1-2H3. The van der Waals surface area contributed by atoms with Crippen LogP contribution in [0.3, 0.4) is 0 Å². The third kappa shape index (κ3) is 7.83. The predicted octanol–water partition coefficient (Wildman–Crippen LogP) is 4.41. The fraction of sp³-hybridized carbons (Fsp3) is 0.786. The molecule has 3 heteroatoms. The highest BCUT2D eigenvalue weighted by Gasteiger charge is 2.01. The fourth-order valence-corrected chi connectivity index (χ4v) is 1.35. The number of nitrogens with zero attached hydrogens (tertiary/aromatic N) is 2. The van der Waals surface area contributed by atoms with Crippen molar-refractivity contribution in [3.63, 3.8) is 0 Å². The van der Waals surface area contributed by atoms with Crippen molar-refractivity contribution in [1.82, 2.24) is 9.78 Å². The maximum Gasteiger partial charge on any atom is 0.124 e. The summed E-state index contributed by atoms with van der Waals surface area (Å²) in [5.41, 5.74) is 6.90. The van der Waals surface area contributed by atoms with E-state index < -0.39 is 0 Å². The minimum absolute atomic E-state index is 0.816. The molecule has 0 aliphatic heterocycles. The van der Waals surface area contributed by atoms with Gasteiger partial charge >= 0.3 is 0 Å². The van der Waals surface area contributed by atoms with Crippen LogP contribution < -0.4 is 5.73 Å². The Kier molecular flexibility index (Phi) is 14.1. The minimum atomic E-state index is 0.816. The molecule has 2 N–H and O–H groups in total. The fourth-order valence-electron chi connectivity index (χ4n) is 1.35. The molecule has 0 spiro atoms. The summed E-state index contributed by atoms with van der Waals surface area (Å²) in [4.78, 5) is 0. The monoisotopic (exact) mass is 241 g/mol. The van der Waals surface area contributed by atoms with Crippen LogP contribution in [-0.4, -0.2) is 9.78 Å². The zero-order valence-electron chi connectivity index (χ0n) is 12.6. The Morgan fingerprint density at radius 2 is 1.71 bits per heavy atom. The van der Waals surface area contributed by atoms with Crippen molar-refractivity contribution in [3.05, 3.63) is 11.8 Å². The molecule has 3 nitrogen and oxygen atoms in total. The van der Waals surface area contributed by atoms with Gasteiger partial charge < -0.3 is 5.73 Å². The number of aromatic nitrogens is 2. The summed E-state index contributed by atoms with van der Waals surface area (Å²) < 4.78 is 1.89. The van der Waals surface area contributed by atoms with Crippen LogP contribution in [0.4, 0.5) is 5.82 Å². The van der Waals surface area contributed by atoms with Crippen LogP contribution in [0.5, 0.6) is 0 Å². The average molecular weight is 241 g/mol. The van der Waals surface area contributed by atoms with E-state index in [2.05, 4.69) is 12.0 Å². The number of anilines is 1. The summed E-state index contributed by atoms with van der Waals surface area (Å²) in [6, 6.07) is 0. The van der Waals surface area contributed by atoms with E-state index in [0.717, 1.165) is 17.9 Å². The summed E-state index contributed by atoms with van der Waals surface area (Å²) in [7, 11) is 0. The molecular formula is C14H31N3. The first-order chi connectivity index (χ1) is 8.25. The molecule has 0 radical (unpaired) electrons. The van der Waals surface area contributed by atoms with Crippen LogP contribution in [0.15, 0.2) is 6.20 Å². The Hall–Kier alpha value is -0.990. The number of rotatable bonds is 5. The van der Waals surface area contributed by atoms with Gasteiger partial charge in [0.2, 0.25) is 0 Å². The van der Waals surface area contributed by atoms with Gasteiger partial charge in [0, 0.05) is 12.1 Å². The second-order valence-electron chi connectivity index (χ2n) is 3.50. The van der Waals surface area contributed by atoms with Crippen molar-refractivity contribution in [3.8, 4) is 0 Å². The molecule has 0 aliphatic carbocycles. The molecule has 1 heterocycles. The molecular weight excluding hydrogens is 210 g/mol. The molecule has 0 aromatic carbocycles. The van der Waals surface area contributed by atoms with Crippen LogP contribution in [0.1, 0.15) is 65.9 Å². The van der Waals surface area contributed by atoms with Crippen molar-refractivity contribution in [2.24, 2.45) is 0 Å². The van der Waals surface area contributed by atoms with E-state index in [9.17, 15) is 0 Å². The van der Waals surface area contributed by atoms with Gasteiger partial charge in [-0.2, -0.15) is 5.10 Å². The van der Waals surface area contributed by atoms with Gasteiger partial charge in [-0.15, -0.1) is 0 Å². The van der Waals surface area contributed by atoms with Crippen LogP contribution in [0.2, 0.25) is 0 Å². The lowest BCUT2D eigenvalue weighted by Gasteiger charge is -2.03.